The molecule has 0 saturated carbocycles. The summed E-state index contributed by atoms with van der Waals surface area (Å²) in [7, 11) is 1.61. The van der Waals surface area contributed by atoms with E-state index in [-0.39, 0.29) is 5.97 Å². The van der Waals surface area contributed by atoms with Crippen molar-refractivity contribution < 1.29 is 14.3 Å². The number of rotatable bonds is 5. The number of ether oxygens (including phenoxy) is 2. The molecule has 0 aromatic carbocycles. The monoisotopic (exact) mass is 281 g/mol. The molecule has 0 spiro atoms. The van der Waals surface area contributed by atoms with Crippen molar-refractivity contribution in [2.75, 3.05) is 13.7 Å². The molecule has 5 heteroatoms. The molecule has 2 rings (SSSR count). The first kappa shape index (κ1) is 14.2. The van der Waals surface area contributed by atoms with Crippen molar-refractivity contribution in [2.24, 2.45) is 11.8 Å². The largest absolute Gasteiger partial charge is 0.461 e. The molecule has 0 fully saturated rings. The van der Waals surface area contributed by atoms with Crippen LogP contribution in [0.4, 0.5) is 0 Å². The lowest BCUT2D eigenvalue weighted by Gasteiger charge is -2.24. The van der Waals surface area contributed by atoms with Crippen molar-refractivity contribution in [1.82, 2.24) is 4.98 Å². The van der Waals surface area contributed by atoms with Crippen molar-refractivity contribution in [3.63, 3.8) is 0 Å². The topological polar surface area (TPSA) is 48.4 Å². The zero-order valence-corrected chi connectivity index (χ0v) is 12.1. The first-order valence-electron chi connectivity index (χ1n) is 6.46. The van der Waals surface area contributed by atoms with E-state index in [1.54, 1.807) is 12.5 Å². The molecular formula is C14H19NO3S. The lowest BCUT2D eigenvalue weighted by Crippen LogP contribution is -2.21. The first-order valence-corrected chi connectivity index (χ1v) is 7.34. The third-order valence-electron chi connectivity index (χ3n) is 3.38. The number of esters is 1. The van der Waals surface area contributed by atoms with E-state index in [1.165, 1.54) is 11.3 Å². The minimum atomic E-state index is -0.333. The minimum absolute atomic E-state index is 0.333. The molecule has 0 aliphatic heterocycles. The third kappa shape index (κ3) is 3.88. The van der Waals surface area contributed by atoms with Gasteiger partial charge >= 0.3 is 5.97 Å². The first-order chi connectivity index (χ1) is 9.20. The molecule has 1 aromatic rings. The van der Waals surface area contributed by atoms with Crippen LogP contribution in [0.1, 0.15) is 35.3 Å². The van der Waals surface area contributed by atoms with Crippen molar-refractivity contribution in [3.05, 3.63) is 28.2 Å². The molecule has 0 N–H and O–H groups in total. The van der Waals surface area contributed by atoms with Gasteiger partial charge in [0, 0.05) is 12.5 Å². The average molecular weight is 281 g/mol. The Kier molecular flexibility index (Phi) is 5.10. The fourth-order valence-electron chi connectivity index (χ4n) is 2.09. The fraction of sp³-hybridized carbons (Fsp3) is 0.571. The van der Waals surface area contributed by atoms with Crippen LogP contribution in [0.5, 0.6) is 0 Å². The zero-order valence-electron chi connectivity index (χ0n) is 11.3. The van der Waals surface area contributed by atoms with E-state index < -0.39 is 0 Å². The van der Waals surface area contributed by atoms with Gasteiger partial charge in [0.2, 0.25) is 0 Å². The Bertz CT molecular complexity index is 455. The van der Waals surface area contributed by atoms with Crippen LogP contribution in [0.2, 0.25) is 0 Å². The number of hydrogen-bond donors (Lipinski definition) is 0. The zero-order chi connectivity index (χ0) is 13.7. The second-order valence-corrected chi connectivity index (χ2v) is 5.78. The summed E-state index contributed by atoms with van der Waals surface area (Å²) >= 11 is 1.42. The number of carbonyl (C=O) groups is 1. The second kappa shape index (κ2) is 6.82. The molecule has 4 nitrogen and oxygen atoms in total. The van der Waals surface area contributed by atoms with Gasteiger partial charge in [0.05, 0.1) is 13.2 Å². The van der Waals surface area contributed by atoms with E-state index in [0.717, 1.165) is 17.8 Å². The van der Waals surface area contributed by atoms with Gasteiger partial charge in [-0.1, -0.05) is 19.1 Å². The quantitative estimate of drug-likeness (QED) is 0.615. The molecule has 0 radical (unpaired) electrons. The number of hydrogen-bond acceptors (Lipinski definition) is 5. The Hall–Kier alpha value is -1.20. The molecule has 2 atom stereocenters. The summed E-state index contributed by atoms with van der Waals surface area (Å²) in [6.45, 7) is 3.10. The van der Waals surface area contributed by atoms with Gasteiger partial charge in [-0.05, 0) is 24.7 Å². The fourth-order valence-corrected chi connectivity index (χ4v) is 2.82. The molecular weight excluding hydrogens is 262 g/mol. The highest BCUT2D eigenvalue weighted by atomic mass is 32.1. The van der Waals surface area contributed by atoms with E-state index in [9.17, 15) is 4.79 Å². The lowest BCUT2D eigenvalue weighted by molar-refractivity contribution is 0.0389. The SMILES string of the molecule is COCc1nc(C(=O)OCC2CC=CCC2C)cs1. The van der Waals surface area contributed by atoms with Crippen LogP contribution in [0.3, 0.4) is 0 Å². The molecule has 1 aliphatic carbocycles. The van der Waals surface area contributed by atoms with Crippen molar-refractivity contribution >= 4 is 17.3 Å². The molecule has 19 heavy (non-hydrogen) atoms. The normalized spacial score (nSPS) is 22.4. The van der Waals surface area contributed by atoms with Gasteiger partial charge < -0.3 is 9.47 Å². The molecule has 1 aromatic heterocycles. The molecule has 0 amide bonds. The summed E-state index contributed by atoms with van der Waals surface area (Å²) in [6.07, 6.45) is 6.41. The summed E-state index contributed by atoms with van der Waals surface area (Å²) in [6, 6.07) is 0. The van der Waals surface area contributed by atoms with Crippen molar-refractivity contribution in [3.8, 4) is 0 Å². The van der Waals surface area contributed by atoms with Gasteiger partial charge in [0.25, 0.3) is 0 Å². The summed E-state index contributed by atoms with van der Waals surface area (Å²) in [5.74, 6) is 0.656. The highest BCUT2D eigenvalue weighted by Crippen LogP contribution is 2.25. The van der Waals surface area contributed by atoms with Gasteiger partial charge in [-0.3, -0.25) is 0 Å². The lowest BCUT2D eigenvalue weighted by atomic mass is 9.85. The second-order valence-electron chi connectivity index (χ2n) is 4.84. The Morgan fingerprint density at radius 2 is 2.26 bits per heavy atom. The summed E-state index contributed by atoms with van der Waals surface area (Å²) in [5.41, 5.74) is 0.385. The molecule has 0 bridgehead atoms. The van der Waals surface area contributed by atoms with Gasteiger partial charge in [-0.25, -0.2) is 9.78 Å². The number of nitrogens with zero attached hydrogens (tertiary/aromatic N) is 1. The number of allylic oxidation sites excluding steroid dienone is 2. The van der Waals surface area contributed by atoms with Gasteiger partial charge in [0.15, 0.2) is 5.69 Å². The predicted octanol–water partition coefficient (Wildman–Crippen LogP) is 3.05. The Morgan fingerprint density at radius 1 is 1.47 bits per heavy atom. The molecule has 2 unspecified atom stereocenters. The van der Waals surface area contributed by atoms with Crippen LogP contribution in [0.25, 0.3) is 0 Å². The van der Waals surface area contributed by atoms with Crippen molar-refractivity contribution in [2.45, 2.75) is 26.4 Å². The smallest absolute Gasteiger partial charge is 0.357 e. The molecule has 1 heterocycles. The standard InChI is InChI=1S/C14H19NO3S/c1-10-5-3-4-6-11(10)7-18-14(16)12-9-19-13(15-12)8-17-2/h3-4,9-11H,5-8H2,1-2H3. The van der Waals surface area contributed by atoms with Crippen LogP contribution >= 0.6 is 11.3 Å². The maximum atomic E-state index is 11.9. The van der Waals surface area contributed by atoms with Gasteiger partial charge in [0.1, 0.15) is 5.01 Å². The molecule has 1 aliphatic rings. The average Bonchev–Trinajstić information content (AvgIpc) is 2.87. The number of carbonyl (C=O) groups excluding carboxylic acids is 1. The third-order valence-corrected chi connectivity index (χ3v) is 4.20. The highest BCUT2D eigenvalue weighted by molar-refractivity contribution is 7.09. The maximum Gasteiger partial charge on any atom is 0.357 e. The number of methoxy groups -OCH3 is 1. The highest BCUT2D eigenvalue weighted by Gasteiger charge is 2.21. The predicted molar refractivity (Wildman–Crippen MR) is 74.1 cm³/mol. The van der Waals surface area contributed by atoms with Gasteiger partial charge in [-0.15, -0.1) is 11.3 Å². The number of thiazole rings is 1. The van der Waals surface area contributed by atoms with E-state index in [0.29, 0.717) is 30.7 Å². The van der Waals surface area contributed by atoms with E-state index >= 15 is 0 Å². The minimum Gasteiger partial charge on any atom is -0.461 e. The maximum absolute atomic E-state index is 11.9. The van der Waals surface area contributed by atoms with Gasteiger partial charge in [-0.2, -0.15) is 0 Å². The summed E-state index contributed by atoms with van der Waals surface area (Å²) < 4.78 is 10.3. The Morgan fingerprint density at radius 3 is 3.00 bits per heavy atom. The van der Waals surface area contributed by atoms with Crippen LogP contribution < -0.4 is 0 Å². The summed E-state index contributed by atoms with van der Waals surface area (Å²) in [4.78, 5) is 16.1. The number of aromatic nitrogens is 1. The van der Waals surface area contributed by atoms with Crippen LogP contribution in [0, 0.1) is 11.8 Å². The van der Waals surface area contributed by atoms with Crippen molar-refractivity contribution in [1.29, 1.82) is 0 Å². The van der Waals surface area contributed by atoms with Crippen LogP contribution in [-0.4, -0.2) is 24.7 Å². The van der Waals surface area contributed by atoms with E-state index in [2.05, 4.69) is 24.1 Å². The molecule has 0 saturated heterocycles. The Balaban J connectivity index is 1.84. The summed E-state index contributed by atoms with van der Waals surface area (Å²) in [5, 5.41) is 2.52. The van der Waals surface area contributed by atoms with E-state index in [4.69, 9.17) is 9.47 Å². The Labute approximate surface area is 117 Å². The van der Waals surface area contributed by atoms with Crippen LogP contribution in [-0.2, 0) is 16.1 Å². The van der Waals surface area contributed by atoms with E-state index in [1.807, 2.05) is 0 Å². The molecule has 104 valence electrons. The van der Waals surface area contributed by atoms with Crippen LogP contribution in [0.15, 0.2) is 17.5 Å².